The van der Waals surface area contributed by atoms with Crippen molar-refractivity contribution >= 4 is 23.1 Å². The van der Waals surface area contributed by atoms with Gasteiger partial charge in [-0.3, -0.25) is 9.79 Å². The van der Waals surface area contributed by atoms with Gasteiger partial charge in [-0.25, -0.2) is 9.38 Å². The highest BCUT2D eigenvalue weighted by Gasteiger charge is 2.35. The lowest BCUT2D eigenvalue weighted by Crippen LogP contribution is -2.35. The van der Waals surface area contributed by atoms with Gasteiger partial charge in [0, 0.05) is 22.7 Å². The van der Waals surface area contributed by atoms with Crippen molar-refractivity contribution in [1.82, 2.24) is 0 Å². The number of nitrogens with one attached hydrogen (secondary N) is 1. The number of aliphatic imine (C=N–C) groups is 2. The molecule has 0 saturated heterocycles. The zero-order valence-corrected chi connectivity index (χ0v) is 20.9. The van der Waals surface area contributed by atoms with E-state index in [2.05, 4.69) is 35.1 Å². The molecule has 1 aliphatic heterocycles. The van der Waals surface area contributed by atoms with Crippen molar-refractivity contribution in [3.8, 4) is 12.3 Å². The van der Waals surface area contributed by atoms with Crippen LogP contribution in [0.5, 0.6) is 0 Å². The quantitative estimate of drug-likeness (QED) is 0.358. The highest BCUT2D eigenvalue weighted by Crippen LogP contribution is 2.34. The number of carbonyl (C=O) groups is 1. The van der Waals surface area contributed by atoms with Crippen molar-refractivity contribution < 1.29 is 27.1 Å². The number of amides is 1. The zero-order chi connectivity index (χ0) is 27.6. The molecule has 38 heavy (non-hydrogen) atoms. The van der Waals surface area contributed by atoms with Gasteiger partial charge in [0.1, 0.15) is 18.2 Å². The van der Waals surface area contributed by atoms with E-state index >= 15 is 0 Å². The molecule has 2 atom stereocenters. The van der Waals surface area contributed by atoms with Gasteiger partial charge in [-0.1, -0.05) is 51.0 Å². The third kappa shape index (κ3) is 5.86. The predicted octanol–water partition coefficient (Wildman–Crippen LogP) is 6.29. The molecule has 9 heteroatoms. The van der Waals surface area contributed by atoms with Gasteiger partial charge < -0.3 is 10.1 Å². The number of anilines is 1. The van der Waals surface area contributed by atoms with E-state index in [0.717, 1.165) is 17.2 Å². The first-order valence-electron chi connectivity index (χ1n) is 11.9. The number of fused-ring (bicyclic) bond motifs is 1. The van der Waals surface area contributed by atoms with Gasteiger partial charge in [-0.05, 0) is 41.8 Å². The summed E-state index contributed by atoms with van der Waals surface area (Å²) >= 11 is 0. The molecule has 1 heterocycles. The third-order valence-electron chi connectivity index (χ3n) is 6.15. The van der Waals surface area contributed by atoms with Gasteiger partial charge in [0.2, 0.25) is 5.84 Å². The van der Waals surface area contributed by atoms with Crippen LogP contribution in [0.1, 0.15) is 43.4 Å². The predicted molar refractivity (Wildman–Crippen MR) is 138 cm³/mol. The van der Waals surface area contributed by atoms with E-state index in [1.807, 2.05) is 37.3 Å². The number of ether oxygens (including phenoxy) is 1. The van der Waals surface area contributed by atoms with Crippen LogP contribution in [-0.2, 0) is 15.7 Å². The maximum absolute atomic E-state index is 13.9. The fourth-order valence-corrected chi connectivity index (χ4v) is 4.24. The lowest BCUT2D eigenvalue weighted by molar-refractivity contribution is -0.137. The van der Waals surface area contributed by atoms with Crippen molar-refractivity contribution in [1.29, 1.82) is 0 Å². The molecule has 1 aliphatic carbocycles. The van der Waals surface area contributed by atoms with E-state index in [1.165, 1.54) is 0 Å². The minimum atomic E-state index is -4.78. The average molecular weight is 524 g/mol. The number of rotatable bonds is 6. The number of allylic oxidation sites excluding steroid dienone is 1. The maximum Gasteiger partial charge on any atom is 0.416 e. The van der Waals surface area contributed by atoms with Crippen LogP contribution in [0.3, 0.4) is 0 Å². The fourth-order valence-electron chi connectivity index (χ4n) is 4.24. The van der Waals surface area contributed by atoms with Gasteiger partial charge >= 0.3 is 6.18 Å². The largest absolute Gasteiger partial charge is 0.481 e. The number of carbonyl (C=O) groups excluding carboxylic acids is 1. The molecule has 196 valence electrons. The molecule has 2 aromatic carbocycles. The standard InChI is InChI=1S/C29H25F4N3O2/c1-5-10-38-23-11-17(4)25-24(15-23)26(19-8-6-18(7-9-19)16(2)3)36-27(35-25)28(37)34-22-13-20(29(31,32)33)12-21(30)14-22/h1,6-9,11-17,25H,10H2,2-4H3,(H,34,37). The van der Waals surface area contributed by atoms with Gasteiger partial charge in [0.25, 0.3) is 5.91 Å². The van der Waals surface area contributed by atoms with E-state index in [9.17, 15) is 22.4 Å². The molecule has 2 unspecified atom stereocenters. The first-order chi connectivity index (χ1) is 18.0. The lowest BCUT2D eigenvalue weighted by atomic mass is 9.83. The SMILES string of the molecule is C#CCOC1=CC(C)C2N=C(C(=O)Nc3cc(F)cc(C(F)(F)F)c3)N=C(c3ccc(C(C)C)cc3)C2=C1. The number of hydrogen-bond donors (Lipinski definition) is 1. The Kier molecular flexibility index (Phi) is 7.53. The normalized spacial score (nSPS) is 18.9. The lowest BCUT2D eigenvalue weighted by Gasteiger charge is -2.30. The zero-order valence-electron chi connectivity index (χ0n) is 20.9. The Labute approximate surface area is 218 Å². The Balaban J connectivity index is 1.73. The van der Waals surface area contributed by atoms with Gasteiger partial charge in [-0.2, -0.15) is 13.2 Å². The summed E-state index contributed by atoms with van der Waals surface area (Å²) in [5.74, 6) is 0.846. The molecule has 1 amide bonds. The average Bonchev–Trinajstić information content (AvgIpc) is 2.86. The maximum atomic E-state index is 13.9. The van der Waals surface area contributed by atoms with Crippen LogP contribution in [0.15, 0.2) is 75.9 Å². The highest BCUT2D eigenvalue weighted by molar-refractivity contribution is 6.45. The van der Waals surface area contributed by atoms with Crippen LogP contribution < -0.4 is 5.32 Å². The monoisotopic (exact) mass is 523 g/mol. The fraction of sp³-hybridized carbons (Fsp3) is 0.276. The Morgan fingerprint density at radius 1 is 1.18 bits per heavy atom. The second kappa shape index (κ2) is 10.7. The second-order valence-electron chi connectivity index (χ2n) is 9.34. The van der Waals surface area contributed by atoms with Crippen molar-refractivity contribution in [2.24, 2.45) is 15.9 Å². The first kappa shape index (κ1) is 26.9. The van der Waals surface area contributed by atoms with E-state index in [4.69, 9.17) is 11.2 Å². The minimum Gasteiger partial charge on any atom is -0.481 e. The van der Waals surface area contributed by atoms with E-state index in [0.29, 0.717) is 35.1 Å². The summed E-state index contributed by atoms with van der Waals surface area (Å²) < 4.78 is 58.9. The van der Waals surface area contributed by atoms with Crippen LogP contribution in [0.25, 0.3) is 0 Å². The Morgan fingerprint density at radius 3 is 2.53 bits per heavy atom. The summed E-state index contributed by atoms with van der Waals surface area (Å²) in [6.07, 6.45) is 4.16. The molecule has 0 bridgehead atoms. The summed E-state index contributed by atoms with van der Waals surface area (Å²) in [6.45, 7) is 6.11. The molecule has 4 rings (SSSR count). The number of benzene rings is 2. The molecule has 0 spiro atoms. The molecule has 5 nitrogen and oxygen atoms in total. The van der Waals surface area contributed by atoms with Crippen molar-refractivity contribution in [3.05, 3.63) is 88.5 Å². The molecule has 1 N–H and O–H groups in total. The summed E-state index contributed by atoms with van der Waals surface area (Å²) in [4.78, 5) is 22.1. The van der Waals surface area contributed by atoms with Gasteiger partial charge in [-0.15, -0.1) is 6.42 Å². The summed E-state index contributed by atoms with van der Waals surface area (Å²) in [6, 6.07) is 9.02. The van der Waals surface area contributed by atoms with E-state index in [-0.39, 0.29) is 24.0 Å². The minimum absolute atomic E-state index is 0.0764. The number of halogens is 4. The van der Waals surface area contributed by atoms with Crippen molar-refractivity contribution in [2.75, 3.05) is 11.9 Å². The number of nitrogens with zero attached hydrogens (tertiary/aromatic N) is 2. The van der Waals surface area contributed by atoms with E-state index < -0.39 is 29.5 Å². The highest BCUT2D eigenvalue weighted by atomic mass is 19.4. The molecule has 0 radical (unpaired) electrons. The molecule has 2 aliphatic rings. The van der Waals surface area contributed by atoms with Crippen molar-refractivity contribution in [3.63, 3.8) is 0 Å². The molecule has 0 fully saturated rings. The van der Waals surface area contributed by atoms with Gasteiger partial charge in [0.05, 0.1) is 17.3 Å². The van der Waals surface area contributed by atoms with Gasteiger partial charge in [0.15, 0.2) is 0 Å². The number of hydrogen-bond acceptors (Lipinski definition) is 4. The summed E-state index contributed by atoms with van der Waals surface area (Å²) in [5.41, 5.74) is 1.45. The van der Waals surface area contributed by atoms with Crippen molar-refractivity contribution in [2.45, 2.75) is 38.9 Å². The number of amidine groups is 1. The van der Waals surface area contributed by atoms with E-state index in [1.54, 1.807) is 6.08 Å². The summed E-state index contributed by atoms with van der Waals surface area (Å²) in [5, 5.41) is 2.31. The first-order valence-corrected chi connectivity index (χ1v) is 11.9. The number of terminal acetylenes is 1. The summed E-state index contributed by atoms with van der Waals surface area (Å²) in [7, 11) is 0. The Morgan fingerprint density at radius 2 is 1.89 bits per heavy atom. The third-order valence-corrected chi connectivity index (χ3v) is 6.15. The molecule has 0 aromatic heterocycles. The van der Waals surface area contributed by atoms with Crippen LogP contribution in [0.2, 0.25) is 0 Å². The van der Waals surface area contributed by atoms with Crippen LogP contribution >= 0.6 is 0 Å². The van der Waals surface area contributed by atoms with Crippen LogP contribution in [-0.4, -0.2) is 30.1 Å². The molecule has 0 saturated carbocycles. The smallest absolute Gasteiger partial charge is 0.416 e. The Bertz CT molecular complexity index is 1410. The molecular weight excluding hydrogens is 498 g/mol. The van der Waals surface area contributed by atoms with Crippen LogP contribution in [0.4, 0.5) is 23.2 Å². The van der Waals surface area contributed by atoms with Crippen LogP contribution in [0, 0.1) is 24.1 Å². The second-order valence-corrected chi connectivity index (χ2v) is 9.34. The Hall–Kier alpha value is -4.19. The number of alkyl halides is 3. The topological polar surface area (TPSA) is 63.0 Å². The molecule has 2 aromatic rings. The molecular formula is C29H25F4N3O2.